The summed E-state index contributed by atoms with van der Waals surface area (Å²) in [6.45, 7) is -1.69. The van der Waals surface area contributed by atoms with Crippen LogP contribution in [-0.2, 0) is 28.5 Å². The maximum atomic E-state index is 12.0. The van der Waals surface area contributed by atoms with E-state index in [1.54, 1.807) is 0 Å². The smallest absolute Gasteiger partial charge is 0.393 e. The Morgan fingerprint density at radius 3 is 2.04 bits per heavy atom. The second-order valence-electron chi connectivity index (χ2n) is 4.66. The summed E-state index contributed by atoms with van der Waals surface area (Å²) in [7, 11) is -16.5. The van der Waals surface area contributed by atoms with Gasteiger partial charge in [-0.1, -0.05) is 0 Å². The largest absolute Gasteiger partial charge is 0.476 e. The van der Waals surface area contributed by atoms with E-state index in [0.717, 1.165) is 0 Å². The third kappa shape index (κ3) is 4.57. The molecule has 0 aromatic carbocycles. The summed E-state index contributed by atoms with van der Waals surface area (Å²) in [5, 5.41) is 35.2. The van der Waals surface area contributed by atoms with E-state index in [4.69, 9.17) is 14.3 Å². The molecule has 0 saturated carbocycles. The van der Waals surface area contributed by atoms with Gasteiger partial charge >= 0.3 is 25.7 Å². The zero-order valence-corrected chi connectivity index (χ0v) is 14.0. The van der Waals surface area contributed by atoms with E-state index in [1.807, 2.05) is 0 Å². The number of hydrogen-bond acceptors (Lipinski definition) is 10. The maximum absolute atomic E-state index is 12.0. The predicted octanol–water partition coefficient (Wildman–Crippen LogP) is -4.20. The summed E-state index contributed by atoms with van der Waals surface area (Å²) in [5.74, 6) is 0. The molecule has 1 rings (SSSR count). The average molecular weight is 419 g/mol. The normalized spacial score (nSPS) is 37.8. The monoisotopic (exact) mass is 419 g/mol. The van der Waals surface area contributed by atoms with Gasteiger partial charge in [0, 0.05) is 0 Å². The van der Waals surface area contributed by atoms with Crippen molar-refractivity contribution in [2.24, 2.45) is 0 Å². The van der Waals surface area contributed by atoms with Crippen molar-refractivity contribution in [2.75, 3.05) is 6.61 Å². The summed E-state index contributed by atoms with van der Waals surface area (Å²) in [4.78, 5) is 26.8. The number of ether oxygens (including phenoxy) is 1. The molecular formula is C6H15NO14P2S. The van der Waals surface area contributed by atoms with Gasteiger partial charge in [-0.05, 0) is 0 Å². The lowest BCUT2D eigenvalue weighted by Gasteiger charge is -2.47. The molecule has 0 bridgehead atoms. The molecule has 1 heterocycles. The van der Waals surface area contributed by atoms with Crippen LogP contribution < -0.4 is 4.72 Å². The SMILES string of the molecule is O=P(O)(O)OP(=O)(O)[C@]1(CO)O[C@H](O)[C@H](NS(=O)(=O)O)[C@@H](O)[C@@H]1O. The van der Waals surface area contributed by atoms with E-state index in [9.17, 15) is 42.9 Å². The molecule has 6 atom stereocenters. The van der Waals surface area contributed by atoms with Crippen molar-refractivity contribution in [3.63, 3.8) is 0 Å². The van der Waals surface area contributed by atoms with Gasteiger partial charge in [-0.25, -0.2) is 8.88 Å². The number of hydrogen-bond donors (Lipinski definition) is 9. The highest BCUT2D eigenvalue weighted by molar-refractivity contribution is 7.83. The summed E-state index contributed by atoms with van der Waals surface area (Å²) in [6, 6.07) is -2.16. The molecule has 0 amide bonds. The summed E-state index contributed by atoms with van der Waals surface area (Å²) >= 11 is 0. The number of phosphoric acid groups is 1. The van der Waals surface area contributed by atoms with E-state index in [1.165, 1.54) is 4.72 Å². The van der Waals surface area contributed by atoms with Gasteiger partial charge in [0.15, 0.2) is 6.29 Å². The molecule has 9 N–H and O–H groups in total. The minimum absolute atomic E-state index is 1.25. The molecular weight excluding hydrogens is 404 g/mol. The van der Waals surface area contributed by atoms with E-state index in [-0.39, 0.29) is 0 Å². The Bertz CT molecular complexity index is 660. The molecule has 0 aliphatic carbocycles. The first-order chi connectivity index (χ1) is 10.6. The van der Waals surface area contributed by atoms with Crippen LogP contribution >= 0.6 is 15.4 Å². The molecule has 0 aromatic rings. The van der Waals surface area contributed by atoms with Crippen LogP contribution in [0, 0.1) is 0 Å². The summed E-state index contributed by atoms with van der Waals surface area (Å²) in [5.41, 5.74) is 0. The molecule has 1 aliphatic rings. The van der Waals surface area contributed by atoms with Gasteiger partial charge in [-0.15, -0.1) is 0 Å². The Morgan fingerprint density at radius 2 is 1.67 bits per heavy atom. The van der Waals surface area contributed by atoms with Gasteiger partial charge in [0.05, 0.1) is 6.61 Å². The Hall–Kier alpha value is -0.0300. The second-order valence-corrected chi connectivity index (χ2v) is 9.28. The lowest BCUT2D eigenvalue weighted by molar-refractivity contribution is -0.273. The minimum Gasteiger partial charge on any atom is -0.393 e. The first-order valence-electron chi connectivity index (χ1n) is 5.74. The van der Waals surface area contributed by atoms with Gasteiger partial charge in [0.25, 0.3) is 0 Å². The molecule has 24 heavy (non-hydrogen) atoms. The average Bonchev–Trinajstić information content (AvgIpc) is 2.34. The summed E-state index contributed by atoms with van der Waals surface area (Å²) in [6.07, 6.45) is -7.70. The second kappa shape index (κ2) is 6.94. The lowest BCUT2D eigenvalue weighted by atomic mass is 9.97. The van der Waals surface area contributed by atoms with Crippen molar-refractivity contribution in [1.82, 2.24) is 4.72 Å². The van der Waals surface area contributed by atoms with Crippen LogP contribution in [0.3, 0.4) is 0 Å². The predicted molar refractivity (Wildman–Crippen MR) is 70.3 cm³/mol. The minimum atomic E-state index is -5.77. The molecule has 1 saturated heterocycles. The van der Waals surface area contributed by atoms with Crippen molar-refractivity contribution in [2.45, 2.75) is 29.9 Å². The third-order valence-electron chi connectivity index (χ3n) is 2.99. The van der Waals surface area contributed by atoms with E-state index in [2.05, 4.69) is 9.05 Å². The van der Waals surface area contributed by atoms with E-state index < -0.39 is 62.2 Å². The van der Waals surface area contributed by atoms with Crippen molar-refractivity contribution in [3.05, 3.63) is 0 Å². The zero-order chi connectivity index (χ0) is 19.1. The first-order valence-corrected chi connectivity index (χ1v) is 10.3. The van der Waals surface area contributed by atoms with Crippen LogP contribution in [0.1, 0.15) is 0 Å². The molecule has 1 unspecified atom stereocenters. The number of aliphatic hydroxyl groups is 4. The molecule has 1 aliphatic heterocycles. The Kier molecular flexibility index (Phi) is 6.36. The Labute approximate surface area is 134 Å². The highest BCUT2D eigenvalue weighted by Crippen LogP contribution is 2.67. The molecule has 1 fully saturated rings. The van der Waals surface area contributed by atoms with E-state index >= 15 is 0 Å². The van der Waals surface area contributed by atoms with Crippen LogP contribution in [0.2, 0.25) is 0 Å². The van der Waals surface area contributed by atoms with Crippen molar-refractivity contribution < 1.29 is 66.3 Å². The van der Waals surface area contributed by atoms with Crippen LogP contribution in [0.5, 0.6) is 0 Å². The standard InChI is InChI=1S/C6H15NO14P2S/c8-1-6(22(12,13)21-23(14,15)16)4(10)3(9)2(5(11)20-6)7-24(17,18)19/h2-5,7-11H,1H2,(H,12,13)(H2,14,15,16)(H,17,18,19)/t2-,3-,4+,5+,6+/m1/s1. The fourth-order valence-electron chi connectivity index (χ4n) is 1.95. The topological polar surface area (TPSA) is 261 Å². The van der Waals surface area contributed by atoms with Gasteiger partial charge in [-0.3, -0.25) is 9.12 Å². The highest BCUT2D eigenvalue weighted by atomic mass is 32.2. The van der Waals surface area contributed by atoms with E-state index in [0.29, 0.717) is 0 Å². The molecule has 144 valence electrons. The molecule has 18 heteroatoms. The molecule has 0 radical (unpaired) electrons. The van der Waals surface area contributed by atoms with Crippen molar-refractivity contribution >= 4 is 25.7 Å². The summed E-state index contributed by atoms with van der Waals surface area (Å²) < 4.78 is 62.1. The lowest BCUT2D eigenvalue weighted by Crippen LogP contribution is -2.69. The van der Waals surface area contributed by atoms with Crippen LogP contribution in [0.4, 0.5) is 0 Å². The third-order valence-corrected chi connectivity index (χ3v) is 6.77. The quantitative estimate of drug-likeness (QED) is 0.146. The Morgan fingerprint density at radius 1 is 1.17 bits per heavy atom. The fourth-order valence-corrected chi connectivity index (χ4v) is 5.16. The highest BCUT2D eigenvalue weighted by Gasteiger charge is 2.65. The fraction of sp³-hybridized carbons (Fsp3) is 1.00. The molecule has 0 spiro atoms. The Balaban J connectivity index is 3.29. The number of nitrogens with one attached hydrogen (secondary N) is 1. The zero-order valence-electron chi connectivity index (χ0n) is 11.3. The van der Waals surface area contributed by atoms with Crippen LogP contribution in [-0.4, -0.2) is 84.6 Å². The van der Waals surface area contributed by atoms with Gasteiger partial charge in [0.1, 0.15) is 18.2 Å². The first kappa shape index (κ1) is 22.0. The van der Waals surface area contributed by atoms with Gasteiger partial charge in [0.2, 0.25) is 5.34 Å². The van der Waals surface area contributed by atoms with Crippen molar-refractivity contribution in [3.8, 4) is 0 Å². The number of rotatable bonds is 6. The van der Waals surface area contributed by atoms with Crippen LogP contribution in [0.15, 0.2) is 0 Å². The molecule has 15 nitrogen and oxygen atoms in total. The van der Waals surface area contributed by atoms with Crippen molar-refractivity contribution in [1.29, 1.82) is 0 Å². The number of aliphatic hydroxyl groups excluding tert-OH is 4. The van der Waals surface area contributed by atoms with Crippen LogP contribution in [0.25, 0.3) is 0 Å². The molecule has 0 aromatic heterocycles. The van der Waals surface area contributed by atoms with Gasteiger partial charge in [-0.2, -0.15) is 13.1 Å². The van der Waals surface area contributed by atoms with Gasteiger partial charge < -0.3 is 39.8 Å². The maximum Gasteiger partial charge on any atom is 0.476 e.